The number of rotatable bonds is 6. The van der Waals surface area contributed by atoms with E-state index in [0.29, 0.717) is 18.7 Å². The molecule has 0 aliphatic carbocycles. The zero-order chi connectivity index (χ0) is 13.8. The van der Waals surface area contributed by atoms with E-state index in [9.17, 15) is 14.9 Å². The Morgan fingerprint density at radius 2 is 2.28 bits per heavy atom. The molecule has 0 spiro atoms. The molecule has 0 radical (unpaired) electrons. The number of hydrogen-bond acceptors (Lipinski definition) is 5. The Bertz CT molecular complexity index is 446. The maximum Gasteiger partial charge on any atom is 0.329 e. The minimum absolute atomic E-state index is 0.131. The van der Waals surface area contributed by atoms with E-state index in [-0.39, 0.29) is 5.69 Å². The standard InChI is InChI=1S/C11H15N3O4/c1-3-6-11(2,10(15)16)13-9-5-4-8(7-12-9)14(17)18/h4-5,7H,3,6H2,1-2H3,(H,12,13)(H,15,16). The van der Waals surface area contributed by atoms with E-state index in [2.05, 4.69) is 10.3 Å². The minimum atomic E-state index is -1.13. The fourth-order valence-electron chi connectivity index (χ4n) is 1.57. The summed E-state index contributed by atoms with van der Waals surface area (Å²) in [7, 11) is 0. The summed E-state index contributed by atoms with van der Waals surface area (Å²) < 4.78 is 0. The second-order valence-electron chi connectivity index (χ2n) is 4.17. The van der Waals surface area contributed by atoms with Gasteiger partial charge in [0, 0.05) is 6.07 Å². The predicted molar refractivity (Wildman–Crippen MR) is 65.5 cm³/mol. The molecule has 7 nitrogen and oxygen atoms in total. The number of carboxylic acid groups (broad SMARTS) is 1. The third-order valence-corrected chi connectivity index (χ3v) is 2.58. The number of hydrogen-bond donors (Lipinski definition) is 2. The van der Waals surface area contributed by atoms with Crippen LogP contribution < -0.4 is 5.32 Å². The molecule has 0 fully saturated rings. The van der Waals surface area contributed by atoms with Crippen LogP contribution in [0.15, 0.2) is 18.3 Å². The summed E-state index contributed by atoms with van der Waals surface area (Å²) in [5, 5.41) is 22.4. The Kier molecular flexibility index (Phi) is 4.19. The molecular weight excluding hydrogens is 238 g/mol. The second kappa shape index (κ2) is 5.44. The lowest BCUT2D eigenvalue weighted by Gasteiger charge is -2.26. The van der Waals surface area contributed by atoms with Crippen LogP contribution in [0.2, 0.25) is 0 Å². The lowest BCUT2D eigenvalue weighted by atomic mass is 9.96. The van der Waals surface area contributed by atoms with Crippen LogP contribution in [0.1, 0.15) is 26.7 Å². The Labute approximate surface area is 104 Å². The van der Waals surface area contributed by atoms with Crippen molar-refractivity contribution in [2.75, 3.05) is 5.32 Å². The van der Waals surface area contributed by atoms with Crippen LogP contribution in [-0.2, 0) is 4.79 Å². The van der Waals surface area contributed by atoms with Gasteiger partial charge in [0.1, 0.15) is 17.6 Å². The summed E-state index contributed by atoms with van der Waals surface area (Å²) in [5.41, 5.74) is -1.26. The average Bonchev–Trinajstić information content (AvgIpc) is 2.29. The molecule has 98 valence electrons. The first-order valence-electron chi connectivity index (χ1n) is 5.51. The van der Waals surface area contributed by atoms with Gasteiger partial charge in [-0.1, -0.05) is 13.3 Å². The van der Waals surface area contributed by atoms with Gasteiger partial charge < -0.3 is 10.4 Å². The fourth-order valence-corrected chi connectivity index (χ4v) is 1.57. The third-order valence-electron chi connectivity index (χ3n) is 2.58. The third kappa shape index (κ3) is 3.16. The molecular formula is C11H15N3O4. The van der Waals surface area contributed by atoms with Crippen molar-refractivity contribution in [3.05, 3.63) is 28.4 Å². The lowest BCUT2D eigenvalue weighted by molar-refractivity contribution is -0.385. The molecule has 1 heterocycles. The molecule has 0 bridgehead atoms. The van der Waals surface area contributed by atoms with Crippen molar-refractivity contribution in [2.24, 2.45) is 0 Å². The van der Waals surface area contributed by atoms with Crippen molar-refractivity contribution in [1.82, 2.24) is 4.98 Å². The van der Waals surface area contributed by atoms with Gasteiger partial charge in [-0.15, -0.1) is 0 Å². The molecule has 1 atom stereocenters. The largest absolute Gasteiger partial charge is 0.480 e. The zero-order valence-electron chi connectivity index (χ0n) is 10.2. The minimum Gasteiger partial charge on any atom is -0.480 e. The quantitative estimate of drug-likeness (QED) is 0.593. The molecule has 18 heavy (non-hydrogen) atoms. The number of carbonyl (C=O) groups is 1. The van der Waals surface area contributed by atoms with Gasteiger partial charge in [0.25, 0.3) is 5.69 Å². The van der Waals surface area contributed by atoms with Crippen molar-refractivity contribution in [3.63, 3.8) is 0 Å². The SMILES string of the molecule is CCCC(C)(Nc1ccc([N+](=O)[O-])cn1)C(=O)O. The highest BCUT2D eigenvalue weighted by atomic mass is 16.6. The van der Waals surface area contributed by atoms with Crippen molar-refractivity contribution < 1.29 is 14.8 Å². The first-order chi connectivity index (χ1) is 8.39. The number of anilines is 1. The van der Waals surface area contributed by atoms with Gasteiger partial charge in [0.05, 0.1) is 4.92 Å². The van der Waals surface area contributed by atoms with E-state index in [4.69, 9.17) is 5.11 Å². The molecule has 7 heteroatoms. The molecule has 0 aromatic carbocycles. The van der Waals surface area contributed by atoms with E-state index in [1.165, 1.54) is 12.1 Å². The van der Waals surface area contributed by atoms with Gasteiger partial charge in [0.15, 0.2) is 0 Å². The first kappa shape index (κ1) is 13.9. The Morgan fingerprint density at radius 3 is 2.67 bits per heavy atom. The second-order valence-corrected chi connectivity index (χ2v) is 4.17. The van der Waals surface area contributed by atoms with E-state index in [0.717, 1.165) is 6.20 Å². The zero-order valence-corrected chi connectivity index (χ0v) is 10.2. The first-order valence-corrected chi connectivity index (χ1v) is 5.51. The Morgan fingerprint density at radius 1 is 1.61 bits per heavy atom. The van der Waals surface area contributed by atoms with Gasteiger partial charge in [0.2, 0.25) is 0 Å². The predicted octanol–water partition coefficient (Wildman–Crippen LogP) is 2.05. The fraction of sp³-hybridized carbons (Fsp3) is 0.455. The van der Waals surface area contributed by atoms with E-state index < -0.39 is 16.4 Å². The van der Waals surface area contributed by atoms with Gasteiger partial charge in [-0.3, -0.25) is 10.1 Å². The van der Waals surface area contributed by atoms with Crippen molar-refractivity contribution >= 4 is 17.5 Å². The van der Waals surface area contributed by atoms with Gasteiger partial charge in [-0.05, 0) is 19.4 Å². The number of nitrogens with zero attached hydrogens (tertiary/aromatic N) is 2. The molecule has 1 unspecified atom stereocenters. The van der Waals surface area contributed by atoms with Crippen LogP contribution in [0.4, 0.5) is 11.5 Å². The Hall–Kier alpha value is -2.18. The van der Waals surface area contributed by atoms with Gasteiger partial charge >= 0.3 is 5.97 Å². The summed E-state index contributed by atoms with van der Waals surface area (Å²) in [6.07, 6.45) is 2.22. The number of carboxylic acids is 1. The normalized spacial score (nSPS) is 13.7. The van der Waals surface area contributed by atoms with Crippen LogP contribution in [-0.4, -0.2) is 26.5 Å². The van der Waals surface area contributed by atoms with E-state index in [1.807, 2.05) is 6.92 Å². The molecule has 0 amide bonds. The number of pyridine rings is 1. The van der Waals surface area contributed by atoms with Crippen LogP contribution in [0, 0.1) is 10.1 Å². The molecule has 0 aliphatic heterocycles. The molecule has 0 saturated carbocycles. The molecule has 2 N–H and O–H groups in total. The molecule has 1 rings (SSSR count). The lowest BCUT2D eigenvalue weighted by Crippen LogP contribution is -2.43. The molecule has 0 saturated heterocycles. The number of nitrogens with one attached hydrogen (secondary N) is 1. The van der Waals surface area contributed by atoms with Crippen LogP contribution in [0.25, 0.3) is 0 Å². The van der Waals surface area contributed by atoms with E-state index in [1.54, 1.807) is 6.92 Å². The van der Waals surface area contributed by atoms with Crippen LogP contribution in [0.3, 0.4) is 0 Å². The van der Waals surface area contributed by atoms with Crippen molar-refractivity contribution in [2.45, 2.75) is 32.2 Å². The summed E-state index contributed by atoms with van der Waals surface area (Å²) in [4.78, 5) is 24.9. The highest BCUT2D eigenvalue weighted by Crippen LogP contribution is 2.20. The monoisotopic (exact) mass is 253 g/mol. The summed E-state index contributed by atoms with van der Waals surface area (Å²) in [6, 6.07) is 2.68. The summed E-state index contributed by atoms with van der Waals surface area (Å²) in [6.45, 7) is 3.44. The maximum atomic E-state index is 11.2. The number of aliphatic carboxylic acids is 1. The maximum absolute atomic E-state index is 11.2. The topological polar surface area (TPSA) is 105 Å². The van der Waals surface area contributed by atoms with Crippen LogP contribution >= 0.6 is 0 Å². The van der Waals surface area contributed by atoms with E-state index >= 15 is 0 Å². The van der Waals surface area contributed by atoms with Gasteiger partial charge in [-0.25, -0.2) is 9.78 Å². The average molecular weight is 253 g/mol. The van der Waals surface area contributed by atoms with Crippen molar-refractivity contribution in [1.29, 1.82) is 0 Å². The highest BCUT2D eigenvalue weighted by molar-refractivity contribution is 5.81. The van der Waals surface area contributed by atoms with Gasteiger partial charge in [-0.2, -0.15) is 0 Å². The van der Waals surface area contributed by atoms with Crippen LogP contribution in [0.5, 0.6) is 0 Å². The molecule has 1 aromatic heterocycles. The highest BCUT2D eigenvalue weighted by Gasteiger charge is 2.32. The molecule has 0 aliphatic rings. The van der Waals surface area contributed by atoms with Crippen molar-refractivity contribution in [3.8, 4) is 0 Å². The Balaban J connectivity index is 2.88. The summed E-state index contributed by atoms with van der Waals surface area (Å²) in [5.74, 6) is -0.677. The number of aromatic nitrogens is 1. The molecule has 1 aromatic rings. The smallest absolute Gasteiger partial charge is 0.329 e. The summed E-state index contributed by atoms with van der Waals surface area (Å²) >= 11 is 0. The number of nitro groups is 1.